The third-order valence-corrected chi connectivity index (χ3v) is 6.82. The summed E-state index contributed by atoms with van der Waals surface area (Å²) in [6, 6.07) is 0.974. The number of carboxylic acids is 1. The van der Waals surface area contributed by atoms with Crippen molar-refractivity contribution >= 4 is 5.97 Å². The Morgan fingerprint density at radius 3 is 2.33 bits per heavy atom. The minimum Gasteiger partial charge on any atom is -0.480 e. The van der Waals surface area contributed by atoms with E-state index in [-0.39, 0.29) is 6.04 Å². The van der Waals surface area contributed by atoms with Crippen LogP contribution in [0.15, 0.2) is 0 Å². The van der Waals surface area contributed by atoms with Crippen LogP contribution in [0.2, 0.25) is 0 Å². The lowest BCUT2D eigenvalue weighted by molar-refractivity contribution is -0.144. The van der Waals surface area contributed by atoms with Crippen LogP contribution >= 0.6 is 0 Å². The van der Waals surface area contributed by atoms with E-state index < -0.39 is 5.97 Å². The topological polar surface area (TPSA) is 40.5 Å². The van der Waals surface area contributed by atoms with E-state index >= 15 is 0 Å². The largest absolute Gasteiger partial charge is 0.480 e. The highest BCUT2D eigenvalue weighted by Gasteiger charge is 2.49. The zero-order valence-electron chi connectivity index (χ0n) is 13.0. The highest BCUT2D eigenvalue weighted by molar-refractivity contribution is 5.74. The SMILES string of the molecule is O=C(O)C1CC2CCCCC2N1C1CCCC(C2CC2)C1. The molecule has 0 aromatic heterocycles. The molecule has 0 spiro atoms. The second kappa shape index (κ2) is 5.57. The maximum absolute atomic E-state index is 11.8. The molecule has 3 saturated carbocycles. The maximum atomic E-state index is 11.8. The molecule has 4 aliphatic rings. The molecule has 3 nitrogen and oxygen atoms in total. The van der Waals surface area contributed by atoms with E-state index in [1.165, 1.54) is 64.2 Å². The molecule has 1 N–H and O–H groups in total. The molecule has 1 heterocycles. The molecule has 0 aromatic carbocycles. The van der Waals surface area contributed by atoms with E-state index in [9.17, 15) is 9.90 Å². The van der Waals surface area contributed by atoms with Crippen molar-refractivity contribution in [1.29, 1.82) is 0 Å². The normalized spacial score (nSPS) is 44.5. The number of hydrogen-bond donors (Lipinski definition) is 1. The number of likely N-dealkylation sites (tertiary alicyclic amines) is 1. The zero-order chi connectivity index (χ0) is 14.4. The monoisotopic (exact) mass is 291 g/mol. The molecule has 1 aliphatic heterocycles. The Morgan fingerprint density at radius 2 is 1.57 bits per heavy atom. The number of rotatable bonds is 3. The Morgan fingerprint density at radius 1 is 0.810 bits per heavy atom. The average Bonchev–Trinajstić information content (AvgIpc) is 3.27. The fourth-order valence-corrected chi connectivity index (χ4v) is 5.72. The Kier molecular flexibility index (Phi) is 3.72. The van der Waals surface area contributed by atoms with Gasteiger partial charge in [0.15, 0.2) is 0 Å². The Labute approximate surface area is 128 Å². The number of nitrogens with zero attached hydrogens (tertiary/aromatic N) is 1. The highest BCUT2D eigenvalue weighted by Crippen LogP contribution is 2.48. The van der Waals surface area contributed by atoms with Gasteiger partial charge < -0.3 is 5.11 Å². The van der Waals surface area contributed by atoms with Crippen molar-refractivity contribution in [3.8, 4) is 0 Å². The van der Waals surface area contributed by atoms with Gasteiger partial charge in [-0.25, -0.2) is 0 Å². The number of carboxylic acid groups (broad SMARTS) is 1. The van der Waals surface area contributed by atoms with Gasteiger partial charge in [0.2, 0.25) is 0 Å². The second-order valence-electron chi connectivity index (χ2n) is 8.07. The second-order valence-corrected chi connectivity index (χ2v) is 8.07. The lowest BCUT2D eigenvalue weighted by atomic mass is 9.80. The van der Waals surface area contributed by atoms with E-state index in [1.54, 1.807) is 0 Å². The van der Waals surface area contributed by atoms with Crippen LogP contribution < -0.4 is 0 Å². The average molecular weight is 291 g/mol. The van der Waals surface area contributed by atoms with E-state index in [4.69, 9.17) is 0 Å². The fraction of sp³-hybridized carbons (Fsp3) is 0.944. The summed E-state index contributed by atoms with van der Waals surface area (Å²) in [5, 5.41) is 9.71. The van der Waals surface area contributed by atoms with Gasteiger partial charge in [0.25, 0.3) is 0 Å². The molecule has 0 radical (unpaired) electrons. The fourth-order valence-electron chi connectivity index (χ4n) is 5.72. The molecule has 21 heavy (non-hydrogen) atoms. The molecule has 4 fully saturated rings. The lowest BCUT2D eigenvalue weighted by Gasteiger charge is -2.42. The van der Waals surface area contributed by atoms with Crippen molar-refractivity contribution in [3.05, 3.63) is 0 Å². The molecule has 3 heteroatoms. The van der Waals surface area contributed by atoms with E-state index in [1.807, 2.05) is 0 Å². The van der Waals surface area contributed by atoms with Crippen LogP contribution in [0.5, 0.6) is 0 Å². The third-order valence-electron chi connectivity index (χ3n) is 6.82. The number of fused-ring (bicyclic) bond motifs is 1. The predicted octanol–water partition coefficient (Wildman–Crippen LogP) is 3.67. The minimum absolute atomic E-state index is 0.180. The third kappa shape index (κ3) is 2.62. The summed E-state index contributed by atoms with van der Waals surface area (Å²) < 4.78 is 0. The number of carbonyl (C=O) groups is 1. The van der Waals surface area contributed by atoms with Gasteiger partial charge in [0.05, 0.1) is 0 Å². The van der Waals surface area contributed by atoms with E-state index in [2.05, 4.69) is 4.90 Å². The van der Waals surface area contributed by atoms with E-state index in [0.717, 1.165) is 18.3 Å². The summed E-state index contributed by atoms with van der Waals surface area (Å²) >= 11 is 0. The van der Waals surface area contributed by atoms with Crippen molar-refractivity contribution in [2.24, 2.45) is 17.8 Å². The van der Waals surface area contributed by atoms with Crippen molar-refractivity contribution in [1.82, 2.24) is 4.90 Å². The maximum Gasteiger partial charge on any atom is 0.320 e. The first-order chi connectivity index (χ1) is 10.2. The summed E-state index contributed by atoms with van der Waals surface area (Å²) in [5.74, 6) is 2.00. The lowest BCUT2D eigenvalue weighted by Crippen LogP contribution is -2.50. The molecule has 0 aromatic rings. The Hall–Kier alpha value is -0.570. The van der Waals surface area contributed by atoms with Crippen molar-refractivity contribution < 1.29 is 9.90 Å². The molecule has 5 atom stereocenters. The van der Waals surface area contributed by atoms with Gasteiger partial charge in [-0.3, -0.25) is 9.69 Å². The van der Waals surface area contributed by atoms with Crippen LogP contribution in [-0.4, -0.2) is 34.1 Å². The van der Waals surface area contributed by atoms with Gasteiger partial charge >= 0.3 is 5.97 Å². The van der Waals surface area contributed by atoms with Gasteiger partial charge in [-0.05, 0) is 62.7 Å². The van der Waals surface area contributed by atoms with Crippen LogP contribution in [-0.2, 0) is 4.79 Å². The summed E-state index contributed by atoms with van der Waals surface area (Å²) in [6.45, 7) is 0. The first kappa shape index (κ1) is 14.0. The Balaban J connectivity index is 1.53. The number of aliphatic carboxylic acids is 1. The molecule has 0 amide bonds. The molecular formula is C18H29NO2. The first-order valence-electron chi connectivity index (χ1n) is 9.24. The standard InChI is InChI=1S/C18H29NO2/c20-18(21)17-11-14-4-1-2-7-16(14)19(17)15-6-3-5-13(10-15)12-8-9-12/h12-17H,1-11H2,(H,20,21). The van der Waals surface area contributed by atoms with Gasteiger partial charge in [-0.2, -0.15) is 0 Å². The summed E-state index contributed by atoms with van der Waals surface area (Å²) in [5.41, 5.74) is 0. The summed E-state index contributed by atoms with van der Waals surface area (Å²) in [4.78, 5) is 14.3. The van der Waals surface area contributed by atoms with Gasteiger partial charge in [-0.15, -0.1) is 0 Å². The highest BCUT2D eigenvalue weighted by atomic mass is 16.4. The molecule has 118 valence electrons. The van der Waals surface area contributed by atoms with Crippen molar-refractivity contribution in [2.45, 2.75) is 88.8 Å². The molecule has 5 unspecified atom stereocenters. The summed E-state index contributed by atoms with van der Waals surface area (Å²) in [6.07, 6.45) is 14.2. The minimum atomic E-state index is -0.557. The molecule has 3 aliphatic carbocycles. The van der Waals surface area contributed by atoms with E-state index in [0.29, 0.717) is 18.0 Å². The number of hydrogen-bond acceptors (Lipinski definition) is 2. The molecular weight excluding hydrogens is 262 g/mol. The summed E-state index contributed by atoms with van der Waals surface area (Å²) in [7, 11) is 0. The predicted molar refractivity (Wildman–Crippen MR) is 82.1 cm³/mol. The first-order valence-corrected chi connectivity index (χ1v) is 9.24. The smallest absolute Gasteiger partial charge is 0.320 e. The molecule has 1 saturated heterocycles. The zero-order valence-corrected chi connectivity index (χ0v) is 13.0. The molecule has 0 bridgehead atoms. The van der Waals surface area contributed by atoms with Gasteiger partial charge in [-0.1, -0.05) is 25.7 Å². The van der Waals surface area contributed by atoms with Crippen LogP contribution in [0.1, 0.15) is 70.6 Å². The van der Waals surface area contributed by atoms with Gasteiger partial charge in [0, 0.05) is 12.1 Å². The van der Waals surface area contributed by atoms with Crippen molar-refractivity contribution in [2.75, 3.05) is 0 Å². The van der Waals surface area contributed by atoms with Crippen LogP contribution in [0.4, 0.5) is 0 Å². The van der Waals surface area contributed by atoms with Crippen LogP contribution in [0.25, 0.3) is 0 Å². The Bertz CT molecular complexity index is 406. The van der Waals surface area contributed by atoms with Crippen LogP contribution in [0.3, 0.4) is 0 Å². The van der Waals surface area contributed by atoms with Crippen LogP contribution in [0, 0.1) is 17.8 Å². The van der Waals surface area contributed by atoms with Crippen molar-refractivity contribution in [3.63, 3.8) is 0 Å². The molecule has 4 rings (SSSR count). The quantitative estimate of drug-likeness (QED) is 0.862. The van der Waals surface area contributed by atoms with Gasteiger partial charge in [0.1, 0.15) is 6.04 Å².